The van der Waals surface area contributed by atoms with E-state index in [9.17, 15) is 9.59 Å². The van der Waals surface area contributed by atoms with Crippen molar-refractivity contribution in [1.29, 1.82) is 0 Å². The van der Waals surface area contributed by atoms with Gasteiger partial charge in [0.1, 0.15) is 0 Å². The number of carbonyl (C=O) groups excluding carboxylic acids is 1. The molecule has 2 unspecified atom stereocenters. The summed E-state index contributed by atoms with van der Waals surface area (Å²) in [5.74, 6) is -1.05. The predicted octanol–water partition coefficient (Wildman–Crippen LogP) is 0.0600. The first-order valence-corrected chi connectivity index (χ1v) is 5.84. The van der Waals surface area contributed by atoms with Gasteiger partial charge >= 0.3 is 5.97 Å². The van der Waals surface area contributed by atoms with Crippen molar-refractivity contribution in [3.05, 3.63) is 0 Å². The summed E-state index contributed by atoms with van der Waals surface area (Å²) in [4.78, 5) is 24.4. The number of amides is 1. The van der Waals surface area contributed by atoms with Gasteiger partial charge < -0.3 is 10.4 Å². The van der Waals surface area contributed by atoms with Crippen LogP contribution in [0.1, 0.15) is 26.2 Å². The van der Waals surface area contributed by atoms with Crippen LogP contribution >= 0.6 is 0 Å². The van der Waals surface area contributed by atoms with E-state index in [1.54, 1.807) is 0 Å². The van der Waals surface area contributed by atoms with Crippen molar-refractivity contribution >= 4 is 11.9 Å². The number of likely N-dealkylation sites (tertiary alicyclic amines) is 1. The lowest BCUT2D eigenvalue weighted by molar-refractivity contribution is -0.142. The Morgan fingerprint density at radius 1 is 1.38 bits per heavy atom. The van der Waals surface area contributed by atoms with E-state index < -0.39 is 5.97 Å². The number of carboxylic acid groups (broad SMARTS) is 1. The van der Waals surface area contributed by atoms with Crippen LogP contribution in [0.15, 0.2) is 0 Å². The number of nitrogens with zero attached hydrogens (tertiary/aromatic N) is 1. The maximum Gasteiger partial charge on any atom is 0.308 e. The molecular weight excluding hydrogens is 208 g/mol. The molecule has 1 saturated heterocycles. The smallest absolute Gasteiger partial charge is 0.308 e. The van der Waals surface area contributed by atoms with E-state index in [-0.39, 0.29) is 17.9 Å². The normalized spacial score (nSPS) is 30.3. The van der Waals surface area contributed by atoms with Crippen LogP contribution in [0.2, 0.25) is 0 Å². The molecule has 0 aromatic rings. The number of rotatable bonds is 4. The molecule has 1 saturated carbocycles. The SMILES string of the molecule is CC1C(C(=O)O)CCN1CC(=O)NC1CC1. The molecule has 1 aliphatic heterocycles. The number of aliphatic carboxylic acids is 1. The van der Waals surface area contributed by atoms with E-state index in [4.69, 9.17) is 5.11 Å². The Bertz CT molecular complexity index is 302. The number of carbonyl (C=O) groups is 2. The van der Waals surface area contributed by atoms with Crippen LogP contribution in [0.4, 0.5) is 0 Å². The highest BCUT2D eigenvalue weighted by Crippen LogP contribution is 2.24. The highest BCUT2D eigenvalue weighted by molar-refractivity contribution is 5.79. The first-order chi connectivity index (χ1) is 7.58. The van der Waals surface area contributed by atoms with Gasteiger partial charge in [-0.2, -0.15) is 0 Å². The van der Waals surface area contributed by atoms with Crippen LogP contribution < -0.4 is 5.32 Å². The fourth-order valence-corrected chi connectivity index (χ4v) is 2.24. The first-order valence-electron chi connectivity index (χ1n) is 5.84. The third-order valence-corrected chi connectivity index (χ3v) is 3.49. The van der Waals surface area contributed by atoms with E-state index in [2.05, 4.69) is 5.32 Å². The molecular formula is C11H18N2O3. The lowest BCUT2D eigenvalue weighted by Crippen LogP contribution is -2.41. The minimum Gasteiger partial charge on any atom is -0.481 e. The molecule has 2 atom stereocenters. The molecule has 0 aromatic carbocycles. The summed E-state index contributed by atoms with van der Waals surface area (Å²) in [5, 5.41) is 11.9. The van der Waals surface area contributed by atoms with Gasteiger partial charge in [-0.15, -0.1) is 0 Å². The highest BCUT2D eigenvalue weighted by Gasteiger charge is 2.36. The lowest BCUT2D eigenvalue weighted by atomic mass is 10.0. The average molecular weight is 226 g/mol. The topological polar surface area (TPSA) is 69.6 Å². The van der Waals surface area contributed by atoms with Crippen LogP contribution in [-0.2, 0) is 9.59 Å². The zero-order valence-corrected chi connectivity index (χ0v) is 9.48. The molecule has 0 radical (unpaired) electrons. The van der Waals surface area contributed by atoms with Gasteiger partial charge in [0.2, 0.25) is 5.91 Å². The Morgan fingerprint density at radius 3 is 2.56 bits per heavy atom. The van der Waals surface area contributed by atoms with E-state index in [0.717, 1.165) is 12.8 Å². The molecule has 1 heterocycles. The molecule has 2 aliphatic rings. The van der Waals surface area contributed by atoms with Crippen molar-refractivity contribution in [2.45, 2.75) is 38.3 Å². The van der Waals surface area contributed by atoms with Gasteiger partial charge in [0.05, 0.1) is 12.5 Å². The van der Waals surface area contributed by atoms with Crippen molar-refractivity contribution in [1.82, 2.24) is 10.2 Å². The van der Waals surface area contributed by atoms with Gasteiger partial charge in [0.15, 0.2) is 0 Å². The van der Waals surface area contributed by atoms with Gasteiger partial charge in [-0.05, 0) is 32.7 Å². The maximum atomic E-state index is 11.6. The molecule has 16 heavy (non-hydrogen) atoms. The molecule has 1 amide bonds. The second-order valence-electron chi connectivity index (χ2n) is 4.79. The Kier molecular flexibility index (Phi) is 3.14. The quantitative estimate of drug-likeness (QED) is 0.711. The summed E-state index contributed by atoms with van der Waals surface area (Å²) < 4.78 is 0. The molecule has 2 fully saturated rings. The fraction of sp³-hybridized carbons (Fsp3) is 0.818. The van der Waals surface area contributed by atoms with E-state index in [1.165, 1.54) is 0 Å². The minimum absolute atomic E-state index is 0.0281. The summed E-state index contributed by atoms with van der Waals surface area (Å²) >= 11 is 0. The molecule has 2 N–H and O–H groups in total. The van der Waals surface area contributed by atoms with Crippen LogP contribution in [0, 0.1) is 5.92 Å². The van der Waals surface area contributed by atoms with Crippen molar-refractivity contribution in [2.24, 2.45) is 5.92 Å². The highest BCUT2D eigenvalue weighted by atomic mass is 16.4. The third-order valence-electron chi connectivity index (χ3n) is 3.49. The van der Waals surface area contributed by atoms with E-state index in [0.29, 0.717) is 25.6 Å². The molecule has 90 valence electrons. The van der Waals surface area contributed by atoms with Crippen LogP contribution in [0.5, 0.6) is 0 Å². The summed E-state index contributed by atoms with van der Waals surface area (Å²) in [6.45, 7) is 2.92. The summed E-state index contributed by atoms with van der Waals surface area (Å²) in [6.07, 6.45) is 2.81. The predicted molar refractivity (Wildman–Crippen MR) is 57.9 cm³/mol. The molecule has 5 heteroatoms. The van der Waals surface area contributed by atoms with Gasteiger partial charge in [-0.1, -0.05) is 0 Å². The number of nitrogens with one attached hydrogen (secondary N) is 1. The van der Waals surface area contributed by atoms with Gasteiger partial charge in [0.25, 0.3) is 0 Å². The molecule has 0 aromatic heterocycles. The summed E-state index contributed by atoms with van der Waals surface area (Å²) in [6, 6.07) is 0.336. The summed E-state index contributed by atoms with van der Waals surface area (Å²) in [5.41, 5.74) is 0. The number of hydrogen-bond acceptors (Lipinski definition) is 3. The molecule has 0 spiro atoms. The molecule has 1 aliphatic carbocycles. The molecule has 5 nitrogen and oxygen atoms in total. The van der Waals surface area contributed by atoms with Gasteiger partial charge in [-0.3, -0.25) is 14.5 Å². The second kappa shape index (κ2) is 4.41. The van der Waals surface area contributed by atoms with E-state index in [1.807, 2.05) is 11.8 Å². The monoisotopic (exact) mass is 226 g/mol. The third kappa shape index (κ3) is 2.52. The zero-order chi connectivity index (χ0) is 11.7. The minimum atomic E-state index is -0.752. The van der Waals surface area contributed by atoms with Crippen molar-refractivity contribution in [2.75, 3.05) is 13.1 Å². The number of hydrogen-bond donors (Lipinski definition) is 2. The fourth-order valence-electron chi connectivity index (χ4n) is 2.24. The van der Waals surface area contributed by atoms with Gasteiger partial charge in [0, 0.05) is 12.1 Å². The van der Waals surface area contributed by atoms with Crippen molar-refractivity contribution in [3.8, 4) is 0 Å². The Labute approximate surface area is 94.8 Å². The molecule has 2 rings (SSSR count). The zero-order valence-electron chi connectivity index (χ0n) is 9.48. The average Bonchev–Trinajstić information content (AvgIpc) is 2.92. The van der Waals surface area contributed by atoms with Crippen LogP contribution in [-0.4, -0.2) is 47.1 Å². The van der Waals surface area contributed by atoms with Crippen LogP contribution in [0.3, 0.4) is 0 Å². The Balaban J connectivity index is 1.81. The van der Waals surface area contributed by atoms with Crippen molar-refractivity contribution in [3.63, 3.8) is 0 Å². The molecule has 0 bridgehead atoms. The second-order valence-corrected chi connectivity index (χ2v) is 4.79. The summed E-state index contributed by atoms with van der Waals surface area (Å²) in [7, 11) is 0. The maximum absolute atomic E-state index is 11.6. The Hall–Kier alpha value is -1.10. The standard InChI is InChI=1S/C11H18N2O3/c1-7-9(11(15)16)4-5-13(7)6-10(14)12-8-2-3-8/h7-9H,2-6H2,1H3,(H,12,14)(H,15,16). The van der Waals surface area contributed by atoms with Gasteiger partial charge in [-0.25, -0.2) is 0 Å². The van der Waals surface area contributed by atoms with E-state index >= 15 is 0 Å². The van der Waals surface area contributed by atoms with Crippen LogP contribution in [0.25, 0.3) is 0 Å². The van der Waals surface area contributed by atoms with Crippen molar-refractivity contribution < 1.29 is 14.7 Å². The number of carboxylic acids is 1. The first kappa shape index (κ1) is 11.4. The largest absolute Gasteiger partial charge is 0.481 e. The Morgan fingerprint density at radius 2 is 2.06 bits per heavy atom. The lowest BCUT2D eigenvalue weighted by Gasteiger charge is -2.22.